The minimum absolute atomic E-state index is 0.236. The van der Waals surface area contributed by atoms with Crippen molar-refractivity contribution in [2.75, 3.05) is 0 Å². The van der Waals surface area contributed by atoms with Crippen LogP contribution in [-0.4, -0.2) is 16.1 Å². The number of hydrogen-bond acceptors (Lipinski definition) is 2. The molecule has 0 bridgehead atoms. The smallest absolute Gasteiger partial charge is 0.337 e. The lowest BCUT2D eigenvalue weighted by molar-refractivity contribution is 0.0696. The summed E-state index contributed by atoms with van der Waals surface area (Å²) in [6.45, 7) is 4.03. The van der Waals surface area contributed by atoms with E-state index in [1.807, 2.05) is 13.8 Å². The molecule has 0 saturated carbocycles. The van der Waals surface area contributed by atoms with Crippen molar-refractivity contribution in [2.24, 2.45) is 0 Å². The molecule has 3 heteroatoms. The maximum Gasteiger partial charge on any atom is 0.337 e. The predicted octanol–water partition coefficient (Wildman–Crippen LogP) is 1.90. The van der Waals surface area contributed by atoms with Crippen molar-refractivity contribution in [3.63, 3.8) is 0 Å². The van der Waals surface area contributed by atoms with Crippen LogP contribution in [-0.2, 0) is 0 Å². The molecule has 1 heterocycles. The molecular weight excluding hydrogens is 154 g/mol. The zero-order valence-corrected chi connectivity index (χ0v) is 7.11. The maximum absolute atomic E-state index is 10.4. The van der Waals surface area contributed by atoms with Crippen molar-refractivity contribution in [2.45, 2.75) is 19.8 Å². The van der Waals surface area contributed by atoms with Gasteiger partial charge in [0.05, 0.1) is 5.56 Å². The molecule has 0 aliphatic heterocycles. The lowest BCUT2D eigenvalue weighted by Gasteiger charge is -2.02. The summed E-state index contributed by atoms with van der Waals surface area (Å²) in [4.78, 5) is 14.5. The second kappa shape index (κ2) is 3.34. The Morgan fingerprint density at radius 2 is 2.17 bits per heavy atom. The summed E-state index contributed by atoms with van der Waals surface area (Å²) in [5.41, 5.74) is 1.15. The zero-order valence-electron chi connectivity index (χ0n) is 7.11. The molecule has 0 spiro atoms. The molecule has 0 unspecified atom stereocenters. The third-order valence-electron chi connectivity index (χ3n) is 1.62. The molecule has 12 heavy (non-hydrogen) atoms. The molecule has 1 aromatic heterocycles. The van der Waals surface area contributed by atoms with Crippen molar-refractivity contribution in [1.82, 2.24) is 4.98 Å². The third-order valence-corrected chi connectivity index (χ3v) is 1.62. The first-order chi connectivity index (χ1) is 5.61. The largest absolute Gasteiger partial charge is 0.478 e. The molecule has 1 aromatic rings. The topological polar surface area (TPSA) is 50.2 Å². The summed E-state index contributed by atoms with van der Waals surface area (Å²) in [5, 5.41) is 8.57. The van der Waals surface area contributed by atoms with E-state index in [0.717, 1.165) is 5.69 Å². The Morgan fingerprint density at radius 3 is 2.50 bits per heavy atom. The molecule has 0 saturated heterocycles. The van der Waals surface area contributed by atoms with Gasteiger partial charge in [0.1, 0.15) is 0 Å². The number of carboxylic acids is 1. The number of hydrogen-bond donors (Lipinski definition) is 1. The highest BCUT2D eigenvalue weighted by atomic mass is 16.4. The van der Waals surface area contributed by atoms with Crippen LogP contribution >= 0.6 is 0 Å². The number of carboxylic acid groups (broad SMARTS) is 1. The van der Waals surface area contributed by atoms with Crippen LogP contribution in [0.1, 0.15) is 35.8 Å². The minimum atomic E-state index is -0.933. The van der Waals surface area contributed by atoms with E-state index >= 15 is 0 Å². The second-order valence-electron chi connectivity index (χ2n) is 2.93. The number of nitrogens with zero attached hydrogens (tertiary/aromatic N) is 1. The molecule has 0 aromatic carbocycles. The average Bonchev–Trinajstić information content (AvgIpc) is 2.04. The van der Waals surface area contributed by atoms with Gasteiger partial charge in [0.15, 0.2) is 0 Å². The lowest BCUT2D eigenvalue weighted by atomic mass is 10.1. The molecule has 0 aliphatic rings. The van der Waals surface area contributed by atoms with Gasteiger partial charge in [0.2, 0.25) is 0 Å². The van der Waals surface area contributed by atoms with Crippen LogP contribution in [0.4, 0.5) is 0 Å². The van der Waals surface area contributed by atoms with Gasteiger partial charge in [0, 0.05) is 11.9 Å². The fraction of sp³-hybridized carbons (Fsp3) is 0.333. The normalized spacial score (nSPS) is 10.2. The van der Waals surface area contributed by atoms with Crippen LogP contribution < -0.4 is 0 Å². The van der Waals surface area contributed by atoms with Crippen molar-refractivity contribution < 1.29 is 9.90 Å². The molecule has 0 amide bonds. The summed E-state index contributed by atoms with van der Waals surface area (Å²) in [6, 6.07) is 3.32. The van der Waals surface area contributed by atoms with E-state index in [2.05, 4.69) is 4.98 Å². The molecule has 0 radical (unpaired) electrons. The van der Waals surface area contributed by atoms with Crippen molar-refractivity contribution >= 4 is 5.97 Å². The quantitative estimate of drug-likeness (QED) is 0.728. The molecule has 64 valence electrons. The molecule has 0 atom stereocenters. The summed E-state index contributed by atoms with van der Waals surface area (Å²) in [6.07, 6.45) is 1.39. The Kier molecular flexibility index (Phi) is 2.43. The van der Waals surface area contributed by atoms with Gasteiger partial charge in [-0.15, -0.1) is 0 Å². The molecule has 0 aliphatic carbocycles. The Bertz CT molecular complexity index is 277. The standard InChI is InChI=1S/C9H11NO2/c1-6(2)8-4-3-7(5-10-8)9(11)12/h3-6H,1-2H3,(H,11,12). The maximum atomic E-state index is 10.4. The van der Waals surface area contributed by atoms with E-state index in [0.29, 0.717) is 5.92 Å². The Hall–Kier alpha value is -1.38. The molecule has 1 rings (SSSR count). The lowest BCUT2D eigenvalue weighted by Crippen LogP contribution is -1.99. The first-order valence-corrected chi connectivity index (χ1v) is 3.80. The fourth-order valence-electron chi connectivity index (χ4n) is 0.873. The molecular formula is C9H11NO2. The first kappa shape index (κ1) is 8.71. The second-order valence-corrected chi connectivity index (χ2v) is 2.93. The Labute approximate surface area is 71.1 Å². The van der Waals surface area contributed by atoms with Gasteiger partial charge in [-0.25, -0.2) is 4.79 Å². The van der Waals surface area contributed by atoms with Gasteiger partial charge in [0.25, 0.3) is 0 Å². The molecule has 3 nitrogen and oxygen atoms in total. The number of pyridine rings is 1. The summed E-state index contributed by atoms with van der Waals surface area (Å²) in [7, 11) is 0. The van der Waals surface area contributed by atoms with Crippen LogP contribution in [0.2, 0.25) is 0 Å². The Balaban J connectivity index is 2.93. The zero-order chi connectivity index (χ0) is 9.14. The van der Waals surface area contributed by atoms with Gasteiger partial charge in [-0.1, -0.05) is 13.8 Å². The monoisotopic (exact) mass is 165 g/mol. The van der Waals surface area contributed by atoms with Crippen LogP contribution in [0, 0.1) is 0 Å². The van der Waals surface area contributed by atoms with Gasteiger partial charge in [-0.05, 0) is 18.1 Å². The SMILES string of the molecule is CC(C)c1ccc(C(=O)O)cn1. The van der Waals surface area contributed by atoms with Crippen molar-refractivity contribution in [1.29, 1.82) is 0 Å². The van der Waals surface area contributed by atoms with Crippen molar-refractivity contribution in [3.05, 3.63) is 29.6 Å². The number of carbonyl (C=O) groups is 1. The third kappa shape index (κ3) is 1.81. The molecule has 1 N–H and O–H groups in total. The first-order valence-electron chi connectivity index (χ1n) is 3.80. The molecule has 0 fully saturated rings. The summed E-state index contributed by atoms with van der Waals surface area (Å²) in [5.74, 6) is -0.592. The number of aromatic nitrogens is 1. The number of aromatic carboxylic acids is 1. The van der Waals surface area contributed by atoms with Crippen molar-refractivity contribution in [3.8, 4) is 0 Å². The van der Waals surface area contributed by atoms with Gasteiger partial charge in [-0.3, -0.25) is 4.98 Å². The van der Waals surface area contributed by atoms with E-state index in [-0.39, 0.29) is 5.56 Å². The highest BCUT2D eigenvalue weighted by Gasteiger charge is 2.04. The van der Waals surface area contributed by atoms with Crippen LogP contribution in [0.15, 0.2) is 18.3 Å². The Morgan fingerprint density at radius 1 is 1.50 bits per heavy atom. The van der Waals surface area contributed by atoms with Gasteiger partial charge < -0.3 is 5.11 Å². The fourth-order valence-corrected chi connectivity index (χ4v) is 0.873. The summed E-state index contributed by atoms with van der Waals surface area (Å²) >= 11 is 0. The van der Waals surface area contributed by atoms with E-state index in [1.165, 1.54) is 6.20 Å². The van der Waals surface area contributed by atoms with Crippen LogP contribution in [0.3, 0.4) is 0 Å². The van der Waals surface area contributed by atoms with Gasteiger partial charge >= 0.3 is 5.97 Å². The minimum Gasteiger partial charge on any atom is -0.478 e. The highest BCUT2D eigenvalue weighted by Crippen LogP contribution is 2.10. The average molecular weight is 165 g/mol. The van der Waals surface area contributed by atoms with E-state index < -0.39 is 5.97 Å². The van der Waals surface area contributed by atoms with E-state index in [4.69, 9.17) is 5.11 Å². The van der Waals surface area contributed by atoms with Crippen LogP contribution in [0.25, 0.3) is 0 Å². The van der Waals surface area contributed by atoms with Crippen LogP contribution in [0.5, 0.6) is 0 Å². The van der Waals surface area contributed by atoms with E-state index in [9.17, 15) is 4.79 Å². The number of rotatable bonds is 2. The highest BCUT2D eigenvalue weighted by molar-refractivity contribution is 5.87. The van der Waals surface area contributed by atoms with E-state index in [1.54, 1.807) is 12.1 Å². The predicted molar refractivity (Wildman–Crippen MR) is 45.3 cm³/mol. The van der Waals surface area contributed by atoms with Gasteiger partial charge in [-0.2, -0.15) is 0 Å². The summed E-state index contributed by atoms with van der Waals surface area (Å²) < 4.78 is 0.